The van der Waals surface area contributed by atoms with Crippen molar-refractivity contribution >= 4 is 0 Å². The molecule has 0 saturated heterocycles. The first kappa shape index (κ1) is 12.0. The standard InChI is InChI=1S/C7H18N.ClH/c1-5-7-8(3,4)6-2;/h5-7H2,1-4H3;1H/q+1;/p-1. The summed E-state index contributed by atoms with van der Waals surface area (Å²) in [5.41, 5.74) is 0. The lowest BCUT2D eigenvalue weighted by atomic mass is 10.4. The van der Waals surface area contributed by atoms with Crippen LogP contribution in [0.3, 0.4) is 0 Å². The normalized spacial score (nSPS) is 10.7. The summed E-state index contributed by atoms with van der Waals surface area (Å²) < 4.78 is 1.16. The molecule has 0 rings (SSSR count). The molecule has 0 aliphatic heterocycles. The molecule has 0 heterocycles. The molecule has 0 aliphatic carbocycles. The molecule has 2 heteroatoms. The van der Waals surface area contributed by atoms with Gasteiger partial charge in [0.25, 0.3) is 0 Å². The topological polar surface area (TPSA) is 0 Å². The van der Waals surface area contributed by atoms with E-state index >= 15 is 0 Å². The molecule has 0 unspecified atom stereocenters. The van der Waals surface area contributed by atoms with Gasteiger partial charge in [0.15, 0.2) is 0 Å². The fraction of sp³-hybridized carbons (Fsp3) is 1.00. The van der Waals surface area contributed by atoms with E-state index in [4.69, 9.17) is 0 Å². The van der Waals surface area contributed by atoms with Crippen LogP contribution in [0.5, 0.6) is 0 Å². The molecule has 0 saturated carbocycles. The molecule has 58 valence electrons. The van der Waals surface area contributed by atoms with Gasteiger partial charge in [0.2, 0.25) is 0 Å². The van der Waals surface area contributed by atoms with Crippen LogP contribution in [0.4, 0.5) is 0 Å². The van der Waals surface area contributed by atoms with Crippen molar-refractivity contribution in [1.29, 1.82) is 0 Å². The van der Waals surface area contributed by atoms with Gasteiger partial charge in [0.05, 0.1) is 27.2 Å². The van der Waals surface area contributed by atoms with Crippen LogP contribution in [0.15, 0.2) is 0 Å². The minimum absolute atomic E-state index is 0. The Morgan fingerprint density at radius 1 is 1.11 bits per heavy atom. The van der Waals surface area contributed by atoms with Gasteiger partial charge in [-0.1, -0.05) is 6.92 Å². The molecule has 0 N–H and O–H groups in total. The Labute approximate surface area is 65.1 Å². The minimum atomic E-state index is 0. The zero-order chi connectivity index (χ0) is 6.62. The van der Waals surface area contributed by atoms with Crippen LogP contribution in [-0.4, -0.2) is 31.7 Å². The molecule has 0 atom stereocenters. The van der Waals surface area contributed by atoms with E-state index in [9.17, 15) is 0 Å². The molecule has 0 aromatic rings. The minimum Gasteiger partial charge on any atom is -1.00 e. The summed E-state index contributed by atoms with van der Waals surface area (Å²) in [5.74, 6) is 0. The van der Waals surface area contributed by atoms with Crippen molar-refractivity contribution in [3.8, 4) is 0 Å². The lowest BCUT2D eigenvalue weighted by molar-refractivity contribution is -0.888. The second-order valence-electron chi connectivity index (χ2n) is 2.98. The Hall–Kier alpha value is 0.250. The maximum Gasteiger partial charge on any atom is 0.0779 e. The van der Waals surface area contributed by atoms with Gasteiger partial charge < -0.3 is 16.9 Å². The first-order valence-electron chi connectivity index (χ1n) is 3.44. The number of quaternary nitrogens is 1. The van der Waals surface area contributed by atoms with Gasteiger partial charge in [-0.2, -0.15) is 0 Å². The Morgan fingerprint density at radius 2 is 1.56 bits per heavy atom. The Balaban J connectivity index is 0. The average Bonchev–Trinajstić information content (AvgIpc) is 1.67. The van der Waals surface area contributed by atoms with Crippen LogP contribution in [0, 0.1) is 0 Å². The maximum atomic E-state index is 2.27. The quantitative estimate of drug-likeness (QED) is 0.431. The highest BCUT2D eigenvalue weighted by Gasteiger charge is 2.07. The molecule has 0 bridgehead atoms. The van der Waals surface area contributed by atoms with Crippen LogP contribution >= 0.6 is 0 Å². The second-order valence-corrected chi connectivity index (χ2v) is 2.98. The van der Waals surface area contributed by atoms with Crippen molar-refractivity contribution in [3.63, 3.8) is 0 Å². The second kappa shape index (κ2) is 5.07. The molecule has 0 fully saturated rings. The maximum absolute atomic E-state index is 2.27. The molecule has 0 aromatic carbocycles. The molecular formula is C7H18ClN. The summed E-state index contributed by atoms with van der Waals surface area (Å²) in [6.45, 7) is 7.01. The third kappa shape index (κ3) is 6.13. The summed E-state index contributed by atoms with van der Waals surface area (Å²) in [4.78, 5) is 0. The zero-order valence-electron chi connectivity index (χ0n) is 6.95. The van der Waals surface area contributed by atoms with E-state index < -0.39 is 0 Å². The Morgan fingerprint density at radius 3 is 1.67 bits per heavy atom. The van der Waals surface area contributed by atoms with Gasteiger partial charge in [-0.3, -0.25) is 0 Å². The van der Waals surface area contributed by atoms with Crippen LogP contribution < -0.4 is 12.4 Å². The molecule has 0 radical (unpaired) electrons. The molecule has 0 amide bonds. The van der Waals surface area contributed by atoms with Gasteiger partial charge in [-0.15, -0.1) is 0 Å². The monoisotopic (exact) mass is 151 g/mol. The number of hydrogen-bond donors (Lipinski definition) is 0. The van der Waals surface area contributed by atoms with Gasteiger partial charge in [-0.25, -0.2) is 0 Å². The molecular weight excluding hydrogens is 134 g/mol. The van der Waals surface area contributed by atoms with Gasteiger partial charge in [-0.05, 0) is 13.3 Å². The Bertz CT molecular complexity index is 61.9. The highest BCUT2D eigenvalue weighted by molar-refractivity contribution is 4.25. The van der Waals surface area contributed by atoms with E-state index in [0.717, 1.165) is 4.48 Å². The Kier molecular flexibility index (Phi) is 6.74. The highest BCUT2D eigenvalue weighted by Crippen LogP contribution is 1.95. The first-order chi connectivity index (χ1) is 3.62. The van der Waals surface area contributed by atoms with Crippen LogP contribution in [-0.2, 0) is 0 Å². The predicted octanol–water partition coefficient (Wildman–Crippen LogP) is -1.50. The average molecular weight is 152 g/mol. The van der Waals surface area contributed by atoms with E-state index in [-0.39, 0.29) is 12.4 Å². The molecule has 0 spiro atoms. The fourth-order valence-corrected chi connectivity index (χ4v) is 0.763. The summed E-state index contributed by atoms with van der Waals surface area (Å²) in [7, 11) is 4.53. The molecule has 1 nitrogen and oxygen atoms in total. The van der Waals surface area contributed by atoms with Crippen LogP contribution in [0.25, 0.3) is 0 Å². The largest absolute Gasteiger partial charge is 1.00 e. The third-order valence-electron chi connectivity index (χ3n) is 1.68. The molecule has 9 heavy (non-hydrogen) atoms. The molecule has 0 aliphatic rings. The first-order valence-corrected chi connectivity index (χ1v) is 3.44. The van der Waals surface area contributed by atoms with Gasteiger partial charge in [0.1, 0.15) is 0 Å². The van der Waals surface area contributed by atoms with E-state index in [0.29, 0.717) is 0 Å². The van der Waals surface area contributed by atoms with Crippen molar-refractivity contribution in [1.82, 2.24) is 0 Å². The summed E-state index contributed by atoms with van der Waals surface area (Å²) >= 11 is 0. The van der Waals surface area contributed by atoms with Crippen LogP contribution in [0.2, 0.25) is 0 Å². The number of rotatable bonds is 3. The lowest BCUT2D eigenvalue weighted by Crippen LogP contribution is -3.00. The van der Waals surface area contributed by atoms with Gasteiger partial charge >= 0.3 is 0 Å². The van der Waals surface area contributed by atoms with Crippen molar-refractivity contribution < 1.29 is 16.9 Å². The zero-order valence-corrected chi connectivity index (χ0v) is 7.70. The highest BCUT2D eigenvalue weighted by atomic mass is 35.5. The summed E-state index contributed by atoms with van der Waals surface area (Å²) in [5, 5.41) is 0. The molecule has 0 aromatic heterocycles. The van der Waals surface area contributed by atoms with Gasteiger partial charge in [0, 0.05) is 0 Å². The number of nitrogens with zero attached hydrogens (tertiary/aromatic N) is 1. The number of hydrogen-bond acceptors (Lipinski definition) is 0. The lowest BCUT2D eigenvalue weighted by Gasteiger charge is -2.27. The van der Waals surface area contributed by atoms with Crippen molar-refractivity contribution in [2.75, 3.05) is 27.2 Å². The van der Waals surface area contributed by atoms with E-state index in [2.05, 4.69) is 27.9 Å². The van der Waals surface area contributed by atoms with Crippen LogP contribution in [0.1, 0.15) is 20.3 Å². The van der Waals surface area contributed by atoms with Crippen molar-refractivity contribution in [2.45, 2.75) is 20.3 Å². The van der Waals surface area contributed by atoms with E-state index in [1.807, 2.05) is 0 Å². The third-order valence-corrected chi connectivity index (χ3v) is 1.68. The predicted molar refractivity (Wildman–Crippen MR) is 37.8 cm³/mol. The fourth-order valence-electron chi connectivity index (χ4n) is 0.763. The summed E-state index contributed by atoms with van der Waals surface area (Å²) in [6, 6.07) is 0. The van der Waals surface area contributed by atoms with Crippen molar-refractivity contribution in [3.05, 3.63) is 0 Å². The SMILES string of the molecule is CCC[N+](C)(C)CC.[Cl-]. The smallest absolute Gasteiger partial charge is 0.0779 e. The number of halogens is 1. The summed E-state index contributed by atoms with van der Waals surface area (Å²) in [6.07, 6.45) is 1.29. The van der Waals surface area contributed by atoms with Crippen molar-refractivity contribution in [2.24, 2.45) is 0 Å². The van der Waals surface area contributed by atoms with E-state index in [1.165, 1.54) is 19.5 Å². The van der Waals surface area contributed by atoms with E-state index in [1.54, 1.807) is 0 Å².